The van der Waals surface area contributed by atoms with Gasteiger partial charge in [-0.15, -0.1) is 0 Å². The summed E-state index contributed by atoms with van der Waals surface area (Å²) in [6, 6.07) is 1.22. The van der Waals surface area contributed by atoms with Crippen molar-refractivity contribution in [2.24, 2.45) is 0 Å². The zero-order valence-electron chi connectivity index (χ0n) is 10.0. The van der Waals surface area contributed by atoms with Gasteiger partial charge in [-0.05, 0) is 22.4 Å². The number of carbonyl (C=O) groups is 2. The Balaban J connectivity index is 1.86. The Morgan fingerprint density at radius 1 is 1.72 bits per heavy atom. The van der Waals surface area contributed by atoms with Crippen LogP contribution in [0.25, 0.3) is 0 Å². The van der Waals surface area contributed by atoms with Crippen LogP contribution >= 0.6 is 11.3 Å². The summed E-state index contributed by atoms with van der Waals surface area (Å²) in [5, 5.41) is 9.21. The minimum absolute atomic E-state index is 0.189. The molecule has 1 aliphatic rings. The van der Waals surface area contributed by atoms with Crippen molar-refractivity contribution in [2.45, 2.75) is 6.10 Å². The molecule has 2 rings (SSSR count). The van der Waals surface area contributed by atoms with E-state index in [2.05, 4.69) is 10.6 Å². The molecule has 1 aliphatic heterocycles. The largest absolute Gasteiger partial charge is 0.375 e. The molecule has 0 bridgehead atoms. The van der Waals surface area contributed by atoms with Gasteiger partial charge in [0.25, 0.3) is 0 Å². The summed E-state index contributed by atoms with van der Waals surface area (Å²) in [6.07, 6.45) is -0.189. The number of nitrogens with zero attached hydrogens (tertiary/aromatic N) is 1. The highest BCUT2D eigenvalue weighted by molar-refractivity contribution is 7.07. The molecule has 0 radical (unpaired) electrons. The van der Waals surface area contributed by atoms with Gasteiger partial charge in [0.15, 0.2) is 0 Å². The average molecular weight is 269 g/mol. The molecule has 0 saturated carbocycles. The zero-order valence-corrected chi connectivity index (χ0v) is 10.8. The lowest BCUT2D eigenvalue weighted by Crippen LogP contribution is -2.43. The molecule has 6 nitrogen and oxygen atoms in total. The van der Waals surface area contributed by atoms with Crippen LogP contribution in [-0.4, -0.2) is 43.7 Å². The van der Waals surface area contributed by atoms with E-state index in [1.165, 1.54) is 0 Å². The molecule has 1 fully saturated rings. The lowest BCUT2D eigenvalue weighted by atomic mass is 10.2. The second-order valence-corrected chi connectivity index (χ2v) is 4.63. The molecule has 0 unspecified atom stereocenters. The van der Waals surface area contributed by atoms with Crippen LogP contribution in [0.4, 0.5) is 9.59 Å². The highest BCUT2D eigenvalue weighted by Crippen LogP contribution is 2.18. The lowest BCUT2D eigenvalue weighted by Gasteiger charge is -2.18. The molecule has 4 amide bonds. The summed E-state index contributed by atoms with van der Waals surface area (Å²) in [7, 11) is 1.59. The summed E-state index contributed by atoms with van der Waals surface area (Å²) in [6.45, 7) is 1.25. The van der Waals surface area contributed by atoms with Crippen molar-refractivity contribution in [1.82, 2.24) is 15.5 Å². The zero-order chi connectivity index (χ0) is 13.0. The highest BCUT2D eigenvalue weighted by atomic mass is 32.1. The fourth-order valence-corrected chi connectivity index (χ4v) is 2.44. The van der Waals surface area contributed by atoms with Gasteiger partial charge in [-0.1, -0.05) is 0 Å². The Kier molecular flexibility index (Phi) is 4.16. The van der Waals surface area contributed by atoms with Crippen LogP contribution < -0.4 is 10.6 Å². The van der Waals surface area contributed by atoms with Crippen molar-refractivity contribution in [3.63, 3.8) is 0 Å². The van der Waals surface area contributed by atoms with E-state index in [4.69, 9.17) is 4.74 Å². The first-order valence-electron chi connectivity index (χ1n) is 5.60. The molecule has 1 saturated heterocycles. The Morgan fingerprint density at radius 3 is 3.11 bits per heavy atom. The number of hydrogen-bond donors (Lipinski definition) is 2. The van der Waals surface area contributed by atoms with E-state index in [1.807, 2.05) is 16.8 Å². The van der Waals surface area contributed by atoms with Crippen LogP contribution in [0, 0.1) is 0 Å². The van der Waals surface area contributed by atoms with E-state index in [-0.39, 0.29) is 18.2 Å². The van der Waals surface area contributed by atoms with Crippen LogP contribution in [0.1, 0.15) is 11.7 Å². The van der Waals surface area contributed by atoms with Gasteiger partial charge in [-0.2, -0.15) is 11.3 Å². The smallest absolute Gasteiger partial charge is 0.325 e. The normalized spacial score (nSPS) is 16.5. The summed E-state index contributed by atoms with van der Waals surface area (Å²) in [4.78, 5) is 24.2. The quantitative estimate of drug-likeness (QED) is 0.862. The van der Waals surface area contributed by atoms with Gasteiger partial charge >= 0.3 is 12.1 Å². The second-order valence-electron chi connectivity index (χ2n) is 3.85. The van der Waals surface area contributed by atoms with Crippen molar-refractivity contribution in [3.8, 4) is 0 Å². The molecule has 18 heavy (non-hydrogen) atoms. The van der Waals surface area contributed by atoms with Crippen LogP contribution in [-0.2, 0) is 4.74 Å². The number of rotatable bonds is 4. The third-order valence-corrected chi connectivity index (χ3v) is 3.44. The van der Waals surface area contributed by atoms with E-state index in [0.29, 0.717) is 19.6 Å². The predicted octanol–water partition coefficient (Wildman–Crippen LogP) is 1.17. The van der Waals surface area contributed by atoms with Crippen LogP contribution in [0.2, 0.25) is 0 Å². The van der Waals surface area contributed by atoms with Crippen molar-refractivity contribution in [3.05, 3.63) is 22.4 Å². The second kappa shape index (κ2) is 5.83. The number of methoxy groups -OCH3 is 1. The average Bonchev–Trinajstić information content (AvgIpc) is 3.01. The summed E-state index contributed by atoms with van der Waals surface area (Å²) >= 11 is 1.58. The van der Waals surface area contributed by atoms with Crippen molar-refractivity contribution >= 4 is 23.4 Å². The Hall–Kier alpha value is -1.60. The van der Waals surface area contributed by atoms with Crippen molar-refractivity contribution in [1.29, 1.82) is 0 Å². The van der Waals surface area contributed by atoms with E-state index in [0.717, 1.165) is 10.5 Å². The number of thiophene rings is 1. The number of urea groups is 2. The Morgan fingerprint density at radius 2 is 2.56 bits per heavy atom. The molecule has 2 heterocycles. The third kappa shape index (κ3) is 2.80. The number of carbonyl (C=O) groups excluding carboxylic acids is 2. The van der Waals surface area contributed by atoms with E-state index < -0.39 is 0 Å². The standard InChI is InChI=1S/C11H15N3O3S/c1-17-9(8-2-5-18-7-8)6-13-11(16)14-4-3-12-10(14)15/h2,5,7,9H,3-4,6H2,1H3,(H,12,15)(H,13,16)/t9-/m1/s1. The molecule has 0 aliphatic carbocycles. The first-order chi connectivity index (χ1) is 8.72. The minimum atomic E-state index is -0.387. The monoisotopic (exact) mass is 269 g/mol. The molecule has 1 atom stereocenters. The fraction of sp³-hybridized carbons (Fsp3) is 0.455. The molecule has 0 spiro atoms. The summed E-state index contributed by atoms with van der Waals surface area (Å²) in [5.41, 5.74) is 1.02. The molecule has 2 N–H and O–H groups in total. The van der Waals surface area contributed by atoms with Gasteiger partial charge in [-0.3, -0.25) is 0 Å². The van der Waals surface area contributed by atoms with Crippen LogP contribution in [0.3, 0.4) is 0 Å². The van der Waals surface area contributed by atoms with E-state index >= 15 is 0 Å². The summed E-state index contributed by atoms with van der Waals surface area (Å²) < 4.78 is 5.31. The summed E-state index contributed by atoms with van der Waals surface area (Å²) in [5.74, 6) is 0. The van der Waals surface area contributed by atoms with Gasteiger partial charge in [0.1, 0.15) is 6.10 Å². The first-order valence-corrected chi connectivity index (χ1v) is 6.54. The van der Waals surface area contributed by atoms with Gasteiger partial charge < -0.3 is 15.4 Å². The number of nitrogens with one attached hydrogen (secondary N) is 2. The topological polar surface area (TPSA) is 70.7 Å². The molecule has 0 aromatic carbocycles. The molecular weight excluding hydrogens is 254 g/mol. The van der Waals surface area contributed by atoms with Gasteiger partial charge in [0, 0.05) is 26.7 Å². The maximum Gasteiger partial charge on any atom is 0.325 e. The van der Waals surface area contributed by atoms with Gasteiger partial charge in [-0.25, -0.2) is 14.5 Å². The number of amides is 4. The third-order valence-electron chi connectivity index (χ3n) is 2.74. The number of imide groups is 1. The fourth-order valence-electron chi connectivity index (χ4n) is 1.74. The van der Waals surface area contributed by atoms with Gasteiger partial charge in [0.2, 0.25) is 0 Å². The minimum Gasteiger partial charge on any atom is -0.375 e. The molecule has 1 aromatic heterocycles. The van der Waals surface area contributed by atoms with Crippen LogP contribution in [0.5, 0.6) is 0 Å². The van der Waals surface area contributed by atoms with Crippen LogP contribution in [0.15, 0.2) is 16.8 Å². The molecule has 98 valence electrons. The number of hydrogen-bond acceptors (Lipinski definition) is 4. The predicted molar refractivity (Wildman–Crippen MR) is 67.6 cm³/mol. The first kappa shape index (κ1) is 12.8. The Bertz CT molecular complexity index is 421. The van der Waals surface area contributed by atoms with Crippen molar-refractivity contribution in [2.75, 3.05) is 26.7 Å². The maximum atomic E-state index is 11.7. The van der Waals surface area contributed by atoms with Crippen molar-refractivity contribution < 1.29 is 14.3 Å². The highest BCUT2D eigenvalue weighted by Gasteiger charge is 2.26. The lowest BCUT2D eigenvalue weighted by molar-refractivity contribution is 0.103. The molecular formula is C11H15N3O3S. The Labute approximate surface area is 109 Å². The SMILES string of the molecule is CO[C@H](CNC(=O)N1CCNC1=O)c1ccsc1. The number of ether oxygens (including phenoxy) is 1. The molecule has 7 heteroatoms. The van der Waals surface area contributed by atoms with E-state index in [1.54, 1.807) is 18.4 Å². The van der Waals surface area contributed by atoms with Gasteiger partial charge in [0.05, 0.1) is 0 Å². The maximum absolute atomic E-state index is 11.7. The molecule has 1 aromatic rings. The van der Waals surface area contributed by atoms with E-state index in [9.17, 15) is 9.59 Å².